The second-order valence-electron chi connectivity index (χ2n) is 19.4. The summed E-state index contributed by atoms with van der Waals surface area (Å²) in [6, 6.07) is -0.721. The van der Waals surface area contributed by atoms with E-state index in [1.807, 2.05) is 0 Å². The number of ether oxygens (including phenoxy) is 2. The molecule has 0 radical (unpaired) electrons. The number of carbonyl (C=O) groups excluding carboxylic acids is 1. The van der Waals surface area contributed by atoms with Gasteiger partial charge in [-0.2, -0.15) is 0 Å². The number of allylic oxidation sites excluding steroid dienone is 12. The fraction of sp³-hybridized carbons (Fsp3) is 0.780. The Morgan fingerprint density at radius 3 is 1.35 bits per heavy atom. The van der Waals surface area contributed by atoms with Crippen LogP contribution in [0.3, 0.4) is 0 Å². The molecular weight excluding hydrogens is 851 g/mol. The van der Waals surface area contributed by atoms with E-state index in [2.05, 4.69) is 92.1 Å². The van der Waals surface area contributed by atoms with E-state index in [1.165, 1.54) is 135 Å². The molecule has 1 saturated heterocycles. The Balaban J connectivity index is 2.13. The third-order valence-electron chi connectivity index (χ3n) is 13.1. The standard InChI is InChI=1S/C59H105NO8/c1-3-5-7-9-11-13-15-17-18-19-20-21-22-23-24-25-26-27-28-29-30-31-32-33-34-35-36-37-39-41-43-45-47-49-55(63)60-52(51-67-59-58(66)57(65)56(64)54(50-61)68-59)53(62)48-46-44-42-40-38-16-14-12-10-8-6-4-2/h5,7,11,13,17-18,20-21,23-24,26-27,52-54,56-59,61-62,64-66H,3-4,6,8-10,12,14-16,19,22,25,28-51H2,1-2H3,(H,60,63)/b7-5-,13-11-,18-17-,21-20-,24-23-,27-26-. The third-order valence-corrected chi connectivity index (χ3v) is 13.1. The van der Waals surface area contributed by atoms with Crippen LogP contribution in [0.25, 0.3) is 0 Å². The normalized spacial score (nSPS) is 20.1. The summed E-state index contributed by atoms with van der Waals surface area (Å²) in [6.45, 7) is 3.72. The van der Waals surface area contributed by atoms with Crippen LogP contribution < -0.4 is 5.32 Å². The first-order chi connectivity index (χ1) is 33.3. The topological polar surface area (TPSA) is 149 Å². The Morgan fingerprint density at radius 2 is 0.912 bits per heavy atom. The van der Waals surface area contributed by atoms with Gasteiger partial charge in [-0.3, -0.25) is 4.79 Å². The Labute approximate surface area is 417 Å². The summed E-state index contributed by atoms with van der Waals surface area (Å²) in [6.07, 6.45) is 59.3. The van der Waals surface area contributed by atoms with Crippen molar-refractivity contribution in [3.8, 4) is 0 Å². The minimum absolute atomic E-state index is 0.139. The largest absolute Gasteiger partial charge is 0.394 e. The Bertz CT molecular complexity index is 1290. The van der Waals surface area contributed by atoms with Gasteiger partial charge in [-0.25, -0.2) is 0 Å². The molecular formula is C59H105NO8. The molecule has 9 heteroatoms. The maximum atomic E-state index is 13.0. The molecule has 1 heterocycles. The molecule has 1 aliphatic rings. The lowest BCUT2D eigenvalue weighted by Gasteiger charge is -2.40. The third kappa shape index (κ3) is 37.5. The molecule has 0 aromatic rings. The highest BCUT2D eigenvalue weighted by molar-refractivity contribution is 5.76. The van der Waals surface area contributed by atoms with E-state index in [0.29, 0.717) is 12.8 Å². The molecule has 7 unspecified atom stereocenters. The number of hydrogen-bond acceptors (Lipinski definition) is 8. The molecule has 0 aliphatic carbocycles. The second-order valence-corrected chi connectivity index (χ2v) is 19.4. The van der Waals surface area contributed by atoms with Crippen LogP contribution in [-0.2, 0) is 14.3 Å². The van der Waals surface area contributed by atoms with Crippen molar-refractivity contribution in [3.05, 3.63) is 72.9 Å². The van der Waals surface area contributed by atoms with Crippen LogP contribution in [0.4, 0.5) is 0 Å². The zero-order chi connectivity index (χ0) is 49.4. The molecule has 1 rings (SSSR count). The first kappa shape index (κ1) is 63.6. The number of amides is 1. The smallest absolute Gasteiger partial charge is 0.220 e. The van der Waals surface area contributed by atoms with Gasteiger partial charge in [0.2, 0.25) is 5.91 Å². The molecule has 6 N–H and O–H groups in total. The molecule has 394 valence electrons. The number of rotatable bonds is 47. The van der Waals surface area contributed by atoms with Crippen molar-refractivity contribution in [1.82, 2.24) is 5.32 Å². The minimum Gasteiger partial charge on any atom is -0.394 e. The zero-order valence-corrected chi connectivity index (χ0v) is 43.6. The predicted molar refractivity (Wildman–Crippen MR) is 285 cm³/mol. The number of unbranched alkanes of at least 4 members (excludes halogenated alkanes) is 25. The maximum Gasteiger partial charge on any atom is 0.220 e. The van der Waals surface area contributed by atoms with Gasteiger partial charge in [-0.15, -0.1) is 0 Å². The van der Waals surface area contributed by atoms with Crippen LogP contribution >= 0.6 is 0 Å². The van der Waals surface area contributed by atoms with Crippen molar-refractivity contribution in [3.63, 3.8) is 0 Å². The van der Waals surface area contributed by atoms with E-state index in [-0.39, 0.29) is 12.5 Å². The SMILES string of the molecule is CC/C=C\C/C=C\C/C=C\C/C=C\C/C=C\C/C=C\CCCCCCCCCCCCCCCCC(=O)NC(COC1OC(CO)C(O)C(O)C1O)C(O)CCCCCCCCCCCCCC. The average molecular weight is 956 g/mol. The molecule has 1 fully saturated rings. The summed E-state index contributed by atoms with van der Waals surface area (Å²) in [4.78, 5) is 13.0. The Morgan fingerprint density at radius 1 is 0.515 bits per heavy atom. The lowest BCUT2D eigenvalue weighted by atomic mass is 9.99. The summed E-state index contributed by atoms with van der Waals surface area (Å²) in [7, 11) is 0. The monoisotopic (exact) mass is 956 g/mol. The molecule has 7 atom stereocenters. The van der Waals surface area contributed by atoms with E-state index in [4.69, 9.17) is 9.47 Å². The lowest BCUT2D eigenvalue weighted by molar-refractivity contribution is -0.302. The van der Waals surface area contributed by atoms with Crippen molar-refractivity contribution in [2.45, 2.75) is 281 Å². The van der Waals surface area contributed by atoms with Gasteiger partial charge >= 0.3 is 0 Å². The van der Waals surface area contributed by atoms with Gasteiger partial charge in [0.05, 0.1) is 25.4 Å². The molecule has 0 bridgehead atoms. The van der Waals surface area contributed by atoms with Crippen molar-refractivity contribution in [2.24, 2.45) is 0 Å². The van der Waals surface area contributed by atoms with Crippen molar-refractivity contribution in [1.29, 1.82) is 0 Å². The zero-order valence-electron chi connectivity index (χ0n) is 43.6. The molecule has 0 saturated carbocycles. The highest BCUT2D eigenvalue weighted by atomic mass is 16.7. The van der Waals surface area contributed by atoms with Gasteiger partial charge in [-0.05, 0) is 64.2 Å². The quantitative estimate of drug-likeness (QED) is 0.0261. The number of aliphatic hydroxyl groups excluding tert-OH is 5. The van der Waals surface area contributed by atoms with Gasteiger partial charge in [-0.1, -0.05) is 241 Å². The summed E-state index contributed by atoms with van der Waals surface area (Å²) in [5.41, 5.74) is 0. The summed E-state index contributed by atoms with van der Waals surface area (Å²) < 4.78 is 11.3. The van der Waals surface area contributed by atoms with Crippen LogP contribution in [-0.4, -0.2) is 87.5 Å². The molecule has 68 heavy (non-hydrogen) atoms. The Kier molecular flexibility index (Phi) is 45.2. The van der Waals surface area contributed by atoms with Gasteiger partial charge in [0, 0.05) is 6.42 Å². The molecule has 0 aromatic carbocycles. The number of aliphatic hydroxyl groups is 5. The van der Waals surface area contributed by atoms with E-state index in [1.54, 1.807) is 0 Å². The first-order valence-corrected chi connectivity index (χ1v) is 28.1. The predicted octanol–water partition coefficient (Wildman–Crippen LogP) is 13.7. The van der Waals surface area contributed by atoms with E-state index in [9.17, 15) is 30.3 Å². The molecule has 0 spiro atoms. The van der Waals surface area contributed by atoms with Crippen LogP contribution in [0.15, 0.2) is 72.9 Å². The number of hydrogen-bond donors (Lipinski definition) is 6. The van der Waals surface area contributed by atoms with Crippen LogP contribution in [0.5, 0.6) is 0 Å². The summed E-state index contributed by atoms with van der Waals surface area (Å²) >= 11 is 0. The van der Waals surface area contributed by atoms with Crippen molar-refractivity contribution in [2.75, 3.05) is 13.2 Å². The van der Waals surface area contributed by atoms with Crippen LogP contribution in [0, 0.1) is 0 Å². The minimum atomic E-state index is -1.55. The average Bonchev–Trinajstić information content (AvgIpc) is 3.34. The lowest BCUT2D eigenvalue weighted by Crippen LogP contribution is -2.60. The van der Waals surface area contributed by atoms with Gasteiger partial charge in [0.15, 0.2) is 6.29 Å². The fourth-order valence-electron chi connectivity index (χ4n) is 8.64. The molecule has 1 aliphatic heterocycles. The molecule has 1 amide bonds. The number of nitrogens with one attached hydrogen (secondary N) is 1. The van der Waals surface area contributed by atoms with E-state index < -0.39 is 49.5 Å². The Hall–Kier alpha value is -2.37. The van der Waals surface area contributed by atoms with Gasteiger partial charge in [0.1, 0.15) is 24.4 Å². The maximum absolute atomic E-state index is 13.0. The van der Waals surface area contributed by atoms with Gasteiger partial charge < -0.3 is 40.3 Å². The van der Waals surface area contributed by atoms with E-state index in [0.717, 1.165) is 77.0 Å². The van der Waals surface area contributed by atoms with Crippen molar-refractivity contribution < 1.29 is 39.8 Å². The van der Waals surface area contributed by atoms with Crippen molar-refractivity contribution >= 4 is 5.91 Å². The second kappa shape index (κ2) is 48.3. The number of carbonyl (C=O) groups is 1. The summed E-state index contributed by atoms with van der Waals surface area (Å²) in [5.74, 6) is -0.147. The highest BCUT2D eigenvalue weighted by Crippen LogP contribution is 2.23. The van der Waals surface area contributed by atoms with E-state index >= 15 is 0 Å². The highest BCUT2D eigenvalue weighted by Gasteiger charge is 2.44. The van der Waals surface area contributed by atoms with Gasteiger partial charge in [0.25, 0.3) is 0 Å². The van der Waals surface area contributed by atoms with Crippen LogP contribution in [0.1, 0.15) is 239 Å². The fourth-order valence-corrected chi connectivity index (χ4v) is 8.64. The van der Waals surface area contributed by atoms with Crippen LogP contribution in [0.2, 0.25) is 0 Å². The molecule has 9 nitrogen and oxygen atoms in total. The molecule has 0 aromatic heterocycles. The first-order valence-electron chi connectivity index (χ1n) is 28.1. The summed E-state index contributed by atoms with van der Waals surface area (Å²) in [5, 5.41) is 54.5.